The van der Waals surface area contributed by atoms with Crippen molar-refractivity contribution in [3.8, 4) is 0 Å². The summed E-state index contributed by atoms with van der Waals surface area (Å²) in [7, 11) is -1.60. The van der Waals surface area contributed by atoms with Crippen molar-refractivity contribution >= 4 is 10.0 Å². The molecular weight excluding hydrogens is 286 g/mol. The minimum atomic E-state index is -3.45. The molecule has 0 spiro atoms. The molecule has 1 aliphatic heterocycles. The molecule has 21 heavy (non-hydrogen) atoms. The smallest absolute Gasteiger partial charge is 0.260 e. The van der Waals surface area contributed by atoms with Crippen molar-refractivity contribution in [2.24, 2.45) is 5.41 Å². The molecule has 0 unspecified atom stereocenters. The molecular formula is C15H25N3O2S. The third-order valence-electron chi connectivity index (χ3n) is 4.57. The van der Waals surface area contributed by atoms with E-state index in [1.165, 1.54) is 0 Å². The minimum Gasteiger partial charge on any atom is -0.316 e. The average Bonchev–Trinajstić information content (AvgIpc) is 2.49. The molecule has 1 fully saturated rings. The Kier molecular flexibility index (Phi) is 5.01. The highest BCUT2D eigenvalue weighted by Gasteiger charge is 2.34. The second kappa shape index (κ2) is 6.42. The Morgan fingerprint density at radius 2 is 2.00 bits per heavy atom. The number of pyridine rings is 1. The molecule has 0 bridgehead atoms. The molecule has 118 valence electrons. The lowest BCUT2D eigenvalue weighted by molar-refractivity contribution is 0.168. The number of sulfonamides is 1. The monoisotopic (exact) mass is 311 g/mol. The van der Waals surface area contributed by atoms with Crippen LogP contribution in [0.2, 0.25) is 0 Å². The first-order valence-electron chi connectivity index (χ1n) is 7.51. The van der Waals surface area contributed by atoms with Crippen LogP contribution in [-0.2, 0) is 16.6 Å². The summed E-state index contributed by atoms with van der Waals surface area (Å²) in [6.45, 7) is 6.28. The SMILES string of the molecule is CCC1(C)CCN(S(=O)(=O)c2ccc(CNC)cn2)CC1. The topological polar surface area (TPSA) is 62.3 Å². The Morgan fingerprint density at radius 3 is 2.48 bits per heavy atom. The molecule has 1 aliphatic rings. The first-order chi connectivity index (χ1) is 9.91. The summed E-state index contributed by atoms with van der Waals surface area (Å²) in [4.78, 5) is 4.13. The summed E-state index contributed by atoms with van der Waals surface area (Å²) in [5.74, 6) is 0. The van der Waals surface area contributed by atoms with E-state index in [9.17, 15) is 8.42 Å². The van der Waals surface area contributed by atoms with Gasteiger partial charge in [-0.15, -0.1) is 0 Å². The van der Waals surface area contributed by atoms with Gasteiger partial charge in [0.1, 0.15) is 0 Å². The van der Waals surface area contributed by atoms with Crippen molar-refractivity contribution in [2.45, 2.75) is 44.7 Å². The Bertz CT molecular complexity index is 561. The normalized spacial score (nSPS) is 19.6. The fourth-order valence-corrected chi connectivity index (χ4v) is 3.98. The van der Waals surface area contributed by atoms with Crippen LogP contribution in [0.1, 0.15) is 38.7 Å². The van der Waals surface area contributed by atoms with Crippen molar-refractivity contribution in [3.63, 3.8) is 0 Å². The maximum absolute atomic E-state index is 12.6. The van der Waals surface area contributed by atoms with Crippen molar-refractivity contribution < 1.29 is 8.42 Å². The molecule has 1 N–H and O–H groups in total. The number of piperidine rings is 1. The van der Waals surface area contributed by atoms with Crippen LogP contribution in [0.25, 0.3) is 0 Å². The molecule has 5 nitrogen and oxygen atoms in total. The maximum atomic E-state index is 12.6. The van der Waals surface area contributed by atoms with Gasteiger partial charge in [-0.1, -0.05) is 26.3 Å². The van der Waals surface area contributed by atoms with Gasteiger partial charge < -0.3 is 5.32 Å². The Labute approximate surface area is 127 Å². The highest BCUT2D eigenvalue weighted by molar-refractivity contribution is 7.89. The van der Waals surface area contributed by atoms with Gasteiger partial charge in [-0.3, -0.25) is 0 Å². The van der Waals surface area contributed by atoms with E-state index in [0.29, 0.717) is 19.6 Å². The molecule has 0 amide bonds. The first kappa shape index (κ1) is 16.4. The van der Waals surface area contributed by atoms with Gasteiger partial charge in [0, 0.05) is 25.8 Å². The third-order valence-corrected chi connectivity index (χ3v) is 6.38. The summed E-state index contributed by atoms with van der Waals surface area (Å²) < 4.78 is 26.8. The van der Waals surface area contributed by atoms with E-state index < -0.39 is 10.0 Å². The first-order valence-corrected chi connectivity index (χ1v) is 8.95. The molecule has 0 radical (unpaired) electrons. The van der Waals surface area contributed by atoms with Crippen molar-refractivity contribution in [1.82, 2.24) is 14.6 Å². The molecule has 0 aliphatic carbocycles. The van der Waals surface area contributed by atoms with E-state index in [1.54, 1.807) is 16.6 Å². The predicted octanol–water partition coefficient (Wildman–Crippen LogP) is 2.00. The van der Waals surface area contributed by atoms with Crippen LogP contribution in [0.15, 0.2) is 23.4 Å². The van der Waals surface area contributed by atoms with Crippen LogP contribution in [-0.4, -0.2) is 37.8 Å². The number of hydrogen-bond donors (Lipinski definition) is 1. The fraction of sp³-hybridized carbons (Fsp3) is 0.667. The molecule has 2 heterocycles. The lowest BCUT2D eigenvalue weighted by Crippen LogP contribution is -2.42. The van der Waals surface area contributed by atoms with Gasteiger partial charge in [0.15, 0.2) is 5.03 Å². The molecule has 1 saturated heterocycles. The molecule has 2 rings (SSSR count). The van der Waals surface area contributed by atoms with E-state index in [1.807, 2.05) is 13.1 Å². The summed E-state index contributed by atoms with van der Waals surface area (Å²) in [6.07, 6.45) is 4.56. The number of nitrogens with zero attached hydrogens (tertiary/aromatic N) is 2. The van der Waals surface area contributed by atoms with Gasteiger partial charge in [0.25, 0.3) is 10.0 Å². The highest BCUT2D eigenvalue weighted by atomic mass is 32.2. The standard InChI is InChI=1S/C15H25N3O2S/c1-4-15(2)7-9-18(10-8-15)21(19,20)14-6-5-13(11-16-3)12-17-14/h5-6,12,16H,4,7-11H2,1-3H3. The summed E-state index contributed by atoms with van der Waals surface area (Å²) >= 11 is 0. The molecule has 6 heteroatoms. The van der Waals surface area contributed by atoms with E-state index >= 15 is 0 Å². The van der Waals surface area contributed by atoms with E-state index in [2.05, 4.69) is 24.1 Å². The zero-order chi connectivity index (χ0) is 15.5. The lowest BCUT2D eigenvalue weighted by atomic mass is 9.79. The van der Waals surface area contributed by atoms with Crippen molar-refractivity contribution in [3.05, 3.63) is 23.9 Å². The number of rotatable bonds is 5. The Balaban J connectivity index is 2.12. The minimum absolute atomic E-state index is 0.155. The summed E-state index contributed by atoms with van der Waals surface area (Å²) in [5, 5.41) is 3.18. The largest absolute Gasteiger partial charge is 0.316 e. The van der Waals surface area contributed by atoms with Gasteiger partial charge in [-0.25, -0.2) is 13.4 Å². The van der Waals surface area contributed by atoms with Crippen molar-refractivity contribution in [1.29, 1.82) is 0 Å². The molecule has 0 saturated carbocycles. The number of nitrogens with one attached hydrogen (secondary N) is 1. The third kappa shape index (κ3) is 3.62. The Hall–Kier alpha value is -0.980. The van der Waals surface area contributed by atoms with Crippen LogP contribution < -0.4 is 5.32 Å². The molecule has 0 atom stereocenters. The number of hydrogen-bond acceptors (Lipinski definition) is 4. The zero-order valence-corrected chi connectivity index (χ0v) is 13.9. The Morgan fingerprint density at radius 1 is 1.33 bits per heavy atom. The molecule has 1 aromatic heterocycles. The van der Waals surface area contributed by atoms with Crippen molar-refractivity contribution in [2.75, 3.05) is 20.1 Å². The second-order valence-electron chi connectivity index (χ2n) is 6.10. The molecule has 0 aromatic carbocycles. The van der Waals surface area contributed by atoms with E-state index in [0.717, 1.165) is 24.8 Å². The summed E-state index contributed by atoms with van der Waals surface area (Å²) in [5.41, 5.74) is 1.25. The van der Waals surface area contributed by atoms with Gasteiger partial charge in [-0.05, 0) is 36.9 Å². The summed E-state index contributed by atoms with van der Waals surface area (Å²) in [6, 6.07) is 3.42. The van der Waals surface area contributed by atoms with Gasteiger partial charge >= 0.3 is 0 Å². The fourth-order valence-electron chi connectivity index (χ4n) is 2.62. The van der Waals surface area contributed by atoms with Crippen LogP contribution in [0.4, 0.5) is 0 Å². The number of aromatic nitrogens is 1. The highest BCUT2D eigenvalue weighted by Crippen LogP contribution is 2.35. The predicted molar refractivity (Wildman–Crippen MR) is 83.4 cm³/mol. The van der Waals surface area contributed by atoms with E-state index in [-0.39, 0.29) is 10.4 Å². The van der Waals surface area contributed by atoms with Crippen LogP contribution in [0.5, 0.6) is 0 Å². The van der Waals surface area contributed by atoms with Gasteiger partial charge in [0.2, 0.25) is 0 Å². The zero-order valence-electron chi connectivity index (χ0n) is 13.1. The quantitative estimate of drug-likeness (QED) is 0.903. The van der Waals surface area contributed by atoms with Gasteiger partial charge in [0.05, 0.1) is 0 Å². The van der Waals surface area contributed by atoms with Crippen LogP contribution in [0.3, 0.4) is 0 Å². The molecule has 1 aromatic rings. The van der Waals surface area contributed by atoms with Crippen LogP contribution >= 0.6 is 0 Å². The van der Waals surface area contributed by atoms with Crippen LogP contribution in [0, 0.1) is 5.41 Å². The second-order valence-corrected chi connectivity index (χ2v) is 7.99. The lowest BCUT2D eigenvalue weighted by Gasteiger charge is -2.37. The maximum Gasteiger partial charge on any atom is 0.260 e. The van der Waals surface area contributed by atoms with Gasteiger partial charge in [-0.2, -0.15) is 4.31 Å². The average molecular weight is 311 g/mol. The van der Waals surface area contributed by atoms with E-state index in [4.69, 9.17) is 0 Å².